The molecule has 1 aliphatic rings. The summed E-state index contributed by atoms with van der Waals surface area (Å²) in [6.45, 7) is 1.99. The molecule has 0 spiro atoms. The van der Waals surface area contributed by atoms with Crippen LogP contribution in [-0.4, -0.2) is 26.0 Å². The van der Waals surface area contributed by atoms with E-state index in [0.29, 0.717) is 34.1 Å². The fourth-order valence-electron chi connectivity index (χ4n) is 2.27. The number of amides is 1. The maximum atomic E-state index is 12.1. The monoisotopic (exact) mass is 327 g/mol. The Kier molecular flexibility index (Phi) is 4.24. The molecule has 124 valence electrons. The predicted molar refractivity (Wildman–Crippen MR) is 89.8 cm³/mol. The number of methoxy groups -OCH3 is 1. The highest BCUT2D eigenvalue weighted by Gasteiger charge is 2.19. The molecule has 2 aromatic carbocycles. The zero-order chi connectivity index (χ0) is 17.1. The molecular formula is C17H17N3O4. The number of anilines is 1. The number of carbonyl (C=O) groups is 1. The van der Waals surface area contributed by atoms with Gasteiger partial charge in [0.15, 0.2) is 11.5 Å². The third kappa shape index (κ3) is 3.10. The smallest absolute Gasteiger partial charge is 0.271 e. The summed E-state index contributed by atoms with van der Waals surface area (Å²) in [7, 11) is 1.55. The summed E-state index contributed by atoms with van der Waals surface area (Å²) >= 11 is 0. The summed E-state index contributed by atoms with van der Waals surface area (Å²) < 4.78 is 15.9. The van der Waals surface area contributed by atoms with Crippen LogP contribution >= 0.6 is 0 Å². The molecule has 7 heteroatoms. The van der Waals surface area contributed by atoms with Crippen LogP contribution in [0.25, 0.3) is 0 Å². The van der Waals surface area contributed by atoms with Gasteiger partial charge in [0.2, 0.25) is 12.5 Å². The fraction of sp³-hybridized carbons (Fsp3) is 0.176. The minimum Gasteiger partial charge on any atom is -0.493 e. The zero-order valence-corrected chi connectivity index (χ0v) is 13.3. The number of hydrogen-bond acceptors (Lipinski definition) is 6. The van der Waals surface area contributed by atoms with Crippen molar-refractivity contribution in [3.05, 3.63) is 47.0 Å². The number of nitrogens with one attached hydrogen (secondary N) is 1. The SMILES string of the molecule is COc1cc(/C=N/NC(=O)c2ccc(N)c(C)c2)cc2c1OCO2. The maximum Gasteiger partial charge on any atom is 0.271 e. The van der Waals surface area contributed by atoms with Gasteiger partial charge in [-0.3, -0.25) is 4.79 Å². The highest BCUT2D eigenvalue weighted by molar-refractivity contribution is 5.95. The van der Waals surface area contributed by atoms with Crippen molar-refractivity contribution >= 4 is 17.8 Å². The number of hydrogen-bond donors (Lipinski definition) is 2. The van der Waals surface area contributed by atoms with Crippen molar-refractivity contribution in [3.63, 3.8) is 0 Å². The normalized spacial score (nSPS) is 12.4. The lowest BCUT2D eigenvalue weighted by Crippen LogP contribution is -2.17. The molecule has 7 nitrogen and oxygen atoms in total. The van der Waals surface area contributed by atoms with E-state index in [0.717, 1.165) is 5.56 Å². The van der Waals surface area contributed by atoms with Crippen molar-refractivity contribution in [2.75, 3.05) is 19.6 Å². The van der Waals surface area contributed by atoms with Crippen LogP contribution in [0.2, 0.25) is 0 Å². The Bertz CT molecular complexity index is 818. The van der Waals surface area contributed by atoms with Crippen LogP contribution in [0.3, 0.4) is 0 Å². The highest BCUT2D eigenvalue weighted by Crippen LogP contribution is 2.41. The molecule has 1 amide bonds. The molecule has 2 aromatic rings. The average molecular weight is 327 g/mol. The number of nitrogens with zero attached hydrogens (tertiary/aromatic N) is 1. The van der Waals surface area contributed by atoms with Gasteiger partial charge in [-0.05, 0) is 42.8 Å². The predicted octanol–water partition coefficient (Wildman–Crippen LogP) is 2.08. The molecule has 3 rings (SSSR count). The molecule has 0 bridgehead atoms. The Morgan fingerprint density at radius 2 is 2.17 bits per heavy atom. The molecule has 0 atom stereocenters. The third-order valence-electron chi connectivity index (χ3n) is 3.59. The standard InChI is InChI=1S/C17H17N3O4/c1-10-5-12(3-4-13(10)18)17(21)20-19-8-11-6-14(22-2)16-15(7-11)23-9-24-16/h3-8H,9,18H2,1-2H3,(H,20,21)/b19-8+. The fourth-order valence-corrected chi connectivity index (χ4v) is 2.27. The Morgan fingerprint density at radius 3 is 2.92 bits per heavy atom. The average Bonchev–Trinajstić information content (AvgIpc) is 3.05. The lowest BCUT2D eigenvalue weighted by atomic mass is 10.1. The van der Waals surface area contributed by atoms with E-state index in [-0.39, 0.29) is 12.7 Å². The van der Waals surface area contributed by atoms with Crippen LogP contribution in [0.15, 0.2) is 35.4 Å². The molecule has 0 aromatic heterocycles. The first-order valence-corrected chi connectivity index (χ1v) is 7.25. The Balaban J connectivity index is 1.72. The van der Waals surface area contributed by atoms with Gasteiger partial charge in [-0.2, -0.15) is 5.10 Å². The second kappa shape index (κ2) is 6.49. The van der Waals surface area contributed by atoms with Crippen LogP contribution in [-0.2, 0) is 0 Å². The number of nitrogens with two attached hydrogens (primary N) is 1. The van der Waals surface area contributed by atoms with Gasteiger partial charge in [0.1, 0.15) is 0 Å². The number of carbonyl (C=O) groups excluding carboxylic acids is 1. The third-order valence-corrected chi connectivity index (χ3v) is 3.59. The molecule has 1 aliphatic heterocycles. The quantitative estimate of drug-likeness (QED) is 0.509. The van der Waals surface area contributed by atoms with Crippen LogP contribution < -0.4 is 25.4 Å². The minimum atomic E-state index is -0.318. The molecule has 24 heavy (non-hydrogen) atoms. The summed E-state index contributed by atoms with van der Waals surface area (Å²) in [5, 5.41) is 3.96. The molecule has 0 saturated carbocycles. The van der Waals surface area contributed by atoms with Gasteiger partial charge in [-0.15, -0.1) is 0 Å². The maximum absolute atomic E-state index is 12.1. The van der Waals surface area contributed by atoms with Gasteiger partial charge in [-0.25, -0.2) is 5.43 Å². The lowest BCUT2D eigenvalue weighted by Gasteiger charge is -2.06. The summed E-state index contributed by atoms with van der Waals surface area (Å²) in [5.74, 6) is 1.38. The molecule has 0 fully saturated rings. The number of nitrogen functional groups attached to an aromatic ring is 1. The second-order valence-electron chi connectivity index (χ2n) is 5.23. The van der Waals surface area contributed by atoms with Crippen molar-refractivity contribution in [2.24, 2.45) is 5.10 Å². The van der Waals surface area contributed by atoms with Crippen molar-refractivity contribution in [3.8, 4) is 17.2 Å². The molecule has 3 N–H and O–H groups in total. The Labute approximate surface area is 139 Å². The first-order chi connectivity index (χ1) is 11.6. The van der Waals surface area contributed by atoms with E-state index in [4.69, 9.17) is 19.9 Å². The summed E-state index contributed by atoms with van der Waals surface area (Å²) in [4.78, 5) is 12.1. The van der Waals surface area contributed by atoms with Crippen LogP contribution in [0, 0.1) is 6.92 Å². The van der Waals surface area contributed by atoms with Crippen molar-refractivity contribution in [2.45, 2.75) is 6.92 Å². The van der Waals surface area contributed by atoms with Gasteiger partial charge >= 0.3 is 0 Å². The lowest BCUT2D eigenvalue weighted by molar-refractivity contribution is 0.0955. The zero-order valence-electron chi connectivity index (χ0n) is 13.3. The van der Waals surface area contributed by atoms with E-state index in [1.165, 1.54) is 6.21 Å². The van der Waals surface area contributed by atoms with Gasteiger partial charge in [-0.1, -0.05) is 0 Å². The number of benzene rings is 2. The molecule has 0 radical (unpaired) electrons. The summed E-state index contributed by atoms with van der Waals surface area (Å²) in [5.41, 5.74) is 10.9. The minimum absolute atomic E-state index is 0.152. The number of rotatable bonds is 4. The Hall–Kier alpha value is -3.22. The summed E-state index contributed by atoms with van der Waals surface area (Å²) in [6.07, 6.45) is 1.51. The molecular weight excluding hydrogens is 310 g/mol. The van der Waals surface area contributed by atoms with Gasteiger partial charge in [0.25, 0.3) is 5.91 Å². The topological polar surface area (TPSA) is 95.2 Å². The van der Waals surface area contributed by atoms with Crippen molar-refractivity contribution in [1.29, 1.82) is 0 Å². The molecule has 0 saturated heterocycles. The number of aryl methyl sites for hydroxylation is 1. The second-order valence-corrected chi connectivity index (χ2v) is 5.23. The Morgan fingerprint density at radius 1 is 1.33 bits per heavy atom. The summed E-state index contributed by atoms with van der Waals surface area (Å²) in [6, 6.07) is 8.56. The van der Waals surface area contributed by atoms with E-state index >= 15 is 0 Å². The first kappa shape index (κ1) is 15.7. The largest absolute Gasteiger partial charge is 0.493 e. The number of fused-ring (bicyclic) bond motifs is 1. The van der Waals surface area contributed by atoms with Gasteiger partial charge < -0.3 is 19.9 Å². The highest BCUT2D eigenvalue weighted by atomic mass is 16.7. The number of ether oxygens (including phenoxy) is 3. The van der Waals surface area contributed by atoms with Gasteiger partial charge in [0, 0.05) is 16.8 Å². The van der Waals surface area contributed by atoms with Crippen LogP contribution in [0.5, 0.6) is 17.2 Å². The van der Waals surface area contributed by atoms with Gasteiger partial charge in [0.05, 0.1) is 13.3 Å². The van der Waals surface area contributed by atoms with E-state index in [1.54, 1.807) is 37.4 Å². The van der Waals surface area contributed by atoms with Crippen LogP contribution in [0.4, 0.5) is 5.69 Å². The number of hydrazone groups is 1. The van der Waals surface area contributed by atoms with E-state index < -0.39 is 0 Å². The first-order valence-electron chi connectivity index (χ1n) is 7.25. The van der Waals surface area contributed by atoms with E-state index in [2.05, 4.69) is 10.5 Å². The molecule has 0 unspecified atom stereocenters. The van der Waals surface area contributed by atoms with Crippen molar-refractivity contribution < 1.29 is 19.0 Å². The van der Waals surface area contributed by atoms with E-state index in [9.17, 15) is 4.79 Å². The molecule has 0 aliphatic carbocycles. The molecule has 1 heterocycles. The van der Waals surface area contributed by atoms with Crippen LogP contribution in [0.1, 0.15) is 21.5 Å². The van der Waals surface area contributed by atoms with Crippen molar-refractivity contribution in [1.82, 2.24) is 5.43 Å². The van der Waals surface area contributed by atoms with E-state index in [1.807, 2.05) is 6.92 Å².